The van der Waals surface area contributed by atoms with E-state index in [1.807, 2.05) is 13.8 Å². The molecule has 1 aliphatic heterocycles. The molecule has 0 fully saturated rings. The van der Waals surface area contributed by atoms with E-state index >= 15 is 0 Å². The first-order chi connectivity index (χ1) is 14.6. The van der Waals surface area contributed by atoms with Crippen LogP contribution in [0.1, 0.15) is 26.3 Å². The second kappa shape index (κ2) is 10.9. The van der Waals surface area contributed by atoms with Crippen molar-refractivity contribution in [3.05, 3.63) is 29.8 Å². The third-order valence-corrected chi connectivity index (χ3v) is 4.98. The van der Waals surface area contributed by atoms with Crippen LogP contribution in [0.15, 0.2) is 29.3 Å². The zero-order chi connectivity index (χ0) is 23.1. The lowest BCUT2D eigenvalue weighted by Crippen LogP contribution is -2.49. The Hall–Kier alpha value is -2.92. The molecule has 0 saturated carbocycles. The fraction of sp³-hybridized carbons (Fsp3) is 0.500. The first-order valence-corrected chi connectivity index (χ1v) is 10.1. The van der Waals surface area contributed by atoms with E-state index in [9.17, 15) is 24.4 Å². The Morgan fingerprint density at radius 1 is 1.29 bits per heavy atom. The molecule has 1 aromatic carbocycles. The van der Waals surface area contributed by atoms with Crippen molar-refractivity contribution in [1.29, 1.82) is 0 Å². The normalized spacial score (nSPS) is 16.7. The minimum absolute atomic E-state index is 0.0290. The lowest BCUT2D eigenvalue weighted by atomic mass is 9.78. The van der Waals surface area contributed by atoms with Crippen LogP contribution in [0.3, 0.4) is 0 Å². The van der Waals surface area contributed by atoms with Gasteiger partial charge in [0.15, 0.2) is 6.04 Å². The maximum Gasteiger partial charge on any atom is 0.453 e. The molecule has 10 nitrogen and oxygen atoms in total. The van der Waals surface area contributed by atoms with Gasteiger partial charge in [0.05, 0.1) is 5.69 Å². The molecule has 31 heavy (non-hydrogen) atoms. The summed E-state index contributed by atoms with van der Waals surface area (Å²) in [4.78, 5) is 43.2. The van der Waals surface area contributed by atoms with Crippen molar-refractivity contribution in [2.24, 2.45) is 10.9 Å². The number of aliphatic imine (C=N–C) groups is 1. The molecule has 0 bridgehead atoms. The Kier molecular flexibility index (Phi) is 8.58. The monoisotopic (exact) mass is 432 g/mol. The van der Waals surface area contributed by atoms with Crippen molar-refractivity contribution in [1.82, 2.24) is 10.6 Å². The van der Waals surface area contributed by atoms with E-state index in [0.717, 1.165) is 0 Å². The van der Waals surface area contributed by atoms with Crippen LogP contribution in [-0.2, 0) is 14.3 Å². The van der Waals surface area contributed by atoms with Gasteiger partial charge < -0.3 is 30.3 Å². The number of carbonyl (C=O) groups excluding carboxylic acids is 3. The third kappa shape index (κ3) is 6.53. The minimum Gasteiger partial charge on any atom is -0.447 e. The summed E-state index contributed by atoms with van der Waals surface area (Å²) < 4.78 is 5.04. The molecule has 0 aromatic heterocycles. The number of hydrogen-bond acceptors (Lipinski definition) is 7. The first kappa shape index (κ1) is 24.4. The van der Waals surface area contributed by atoms with Gasteiger partial charge in [-0.2, -0.15) is 0 Å². The van der Waals surface area contributed by atoms with Gasteiger partial charge in [-0.05, 0) is 18.9 Å². The van der Waals surface area contributed by atoms with E-state index in [2.05, 4.69) is 15.6 Å². The summed E-state index contributed by atoms with van der Waals surface area (Å²) in [5.41, 5.74) is 1.80. The van der Waals surface area contributed by atoms with Crippen LogP contribution in [-0.4, -0.2) is 73.1 Å². The minimum atomic E-state index is -1.56. The molecule has 1 aromatic rings. The molecule has 0 radical (unpaired) electrons. The summed E-state index contributed by atoms with van der Waals surface area (Å²) in [5, 5.41) is 23.6. The molecule has 0 spiro atoms. The number of alkyl carbamates (subject to hydrolysis) is 1. The zero-order valence-electron chi connectivity index (χ0n) is 18.2. The largest absolute Gasteiger partial charge is 0.453 e. The number of anilines is 1. The Bertz CT molecular complexity index is 845. The number of rotatable bonds is 8. The quantitative estimate of drug-likeness (QED) is 0.432. The summed E-state index contributed by atoms with van der Waals surface area (Å²) in [6, 6.07) is 5.60. The van der Waals surface area contributed by atoms with E-state index in [-0.39, 0.29) is 25.4 Å². The summed E-state index contributed by atoms with van der Waals surface area (Å²) in [6.07, 6.45) is -0.715. The van der Waals surface area contributed by atoms with Gasteiger partial charge >= 0.3 is 13.2 Å². The maximum atomic E-state index is 13.2. The molecule has 11 heteroatoms. The van der Waals surface area contributed by atoms with Crippen LogP contribution < -0.4 is 15.5 Å². The van der Waals surface area contributed by atoms with Crippen molar-refractivity contribution in [2.75, 3.05) is 25.1 Å². The van der Waals surface area contributed by atoms with E-state index in [1.165, 1.54) is 11.9 Å². The number of benzodiazepines with no additional fused rings is 1. The molecule has 4 N–H and O–H groups in total. The number of amides is 3. The standard InChI is InChI=1S/C20H29BN4O6/c1-12(2)15(9-21(29)30)24-18(26)10-25-17-8-6-5-7-14(17)13(3)23-16(19(25)27)11-31-20(28)22-4/h5-8,12,15-16,29-30H,9-11H2,1-4H3,(H,22,28)(H,24,26)/t15-,16+/m0/s1. The number of hydrogen-bond donors (Lipinski definition) is 4. The van der Waals surface area contributed by atoms with Gasteiger partial charge in [-0.25, -0.2) is 4.79 Å². The Morgan fingerprint density at radius 2 is 1.97 bits per heavy atom. The maximum absolute atomic E-state index is 13.2. The number of carbonyl (C=O) groups is 3. The van der Waals surface area contributed by atoms with E-state index < -0.39 is 37.1 Å². The van der Waals surface area contributed by atoms with Crippen LogP contribution in [0.25, 0.3) is 0 Å². The second-order valence-corrected chi connectivity index (χ2v) is 7.65. The van der Waals surface area contributed by atoms with Crippen molar-refractivity contribution >= 4 is 36.4 Å². The first-order valence-electron chi connectivity index (χ1n) is 10.1. The molecule has 1 heterocycles. The van der Waals surface area contributed by atoms with Gasteiger partial charge in [0, 0.05) is 30.7 Å². The molecular formula is C20H29BN4O6. The predicted molar refractivity (Wildman–Crippen MR) is 117 cm³/mol. The molecule has 0 aliphatic carbocycles. The van der Waals surface area contributed by atoms with Crippen molar-refractivity contribution < 1.29 is 29.2 Å². The highest BCUT2D eigenvalue weighted by molar-refractivity contribution is 6.41. The average Bonchev–Trinajstić information content (AvgIpc) is 2.81. The highest BCUT2D eigenvalue weighted by Gasteiger charge is 2.33. The van der Waals surface area contributed by atoms with E-state index in [1.54, 1.807) is 31.2 Å². The molecule has 3 amide bonds. The lowest BCUT2D eigenvalue weighted by molar-refractivity contribution is -0.125. The fourth-order valence-corrected chi connectivity index (χ4v) is 3.29. The molecule has 0 saturated heterocycles. The topological polar surface area (TPSA) is 141 Å². The average molecular weight is 432 g/mol. The predicted octanol–water partition coefficient (Wildman–Crippen LogP) is 0.180. The van der Waals surface area contributed by atoms with Crippen LogP contribution in [0.5, 0.6) is 0 Å². The van der Waals surface area contributed by atoms with E-state index in [0.29, 0.717) is 17.0 Å². The Balaban J connectivity index is 2.28. The van der Waals surface area contributed by atoms with Gasteiger partial charge in [-0.1, -0.05) is 32.0 Å². The van der Waals surface area contributed by atoms with Crippen molar-refractivity contribution in [2.45, 2.75) is 39.2 Å². The van der Waals surface area contributed by atoms with E-state index in [4.69, 9.17) is 4.74 Å². The van der Waals surface area contributed by atoms with Gasteiger partial charge in [-0.3, -0.25) is 14.6 Å². The molecule has 1 aliphatic rings. The third-order valence-electron chi connectivity index (χ3n) is 4.98. The molecule has 2 rings (SSSR count). The SMILES string of the molecule is CNC(=O)OC[C@H]1N=C(C)c2ccccc2N(CC(=O)N[C@@H](CB(O)O)C(C)C)C1=O. The molecule has 168 valence electrons. The number of nitrogens with one attached hydrogen (secondary N) is 2. The molecule has 0 unspecified atom stereocenters. The number of fused-ring (bicyclic) bond motifs is 1. The second-order valence-electron chi connectivity index (χ2n) is 7.65. The Labute approximate surface area is 181 Å². The number of benzene rings is 1. The summed E-state index contributed by atoms with van der Waals surface area (Å²) in [5.74, 6) is -0.975. The highest BCUT2D eigenvalue weighted by atomic mass is 16.5. The van der Waals surface area contributed by atoms with Crippen molar-refractivity contribution in [3.8, 4) is 0 Å². The lowest BCUT2D eigenvalue weighted by Gasteiger charge is -2.27. The van der Waals surface area contributed by atoms with Crippen molar-refractivity contribution in [3.63, 3.8) is 0 Å². The smallest absolute Gasteiger partial charge is 0.447 e. The summed E-state index contributed by atoms with van der Waals surface area (Å²) in [7, 11) is -0.150. The van der Waals surface area contributed by atoms with Crippen LogP contribution in [0, 0.1) is 5.92 Å². The van der Waals surface area contributed by atoms with Crippen LogP contribution in [0.2, 0.25) is 6.32 Å². The summed E-state index contributed by atoms with van der Waals surface area (Å²) >= 11 is 0. The zero-order valence-corrected chi connectivity index (χ0v) is 18.2. The number of para-hydroxylation sites is 1. The van der Waals surface area contributed by atoms with Crippen LogP contribution in [0.4, 0.5) is 10.5 Å². The van der Waals surface area contributed by atoms with Gasteiger partial charge in [0.25, 0.3) is 5.91 Å². The number of nitrogens with zero attached hydrogens (tertiary/aromatic N) is 2. The molecule has 2 atom stereocenters. The van der Waals surface area contributed by atoms with Gasteiger partial charge in [0.2, 0.25) is 5.91 Å². The van der Waals surface area contributed by atoms with Crippen LogP contribution >= 0.6 is 0 Å². The summed E-state index contributed by atoms with van der Waals surface area (Å²) in [6.45, 7) is 4.89. The fourth-order valence-electron chi connectivity index (χ4n) is 3.29. The number of ether oxygens (including phenoxy) is 1. The molecular weight excluding hydrogens is 403 g/mol. The van der Waals surface area contributed by atoms with Gasteiger partial charge in [0.1, 0.15) is 13.2 Å². The van der Waals surface area contributed by atoms with Gasteiger partial charge in [-0.15, -0.1) is 0 Å². The highest BCUT2D eigenvalue weighted by Crippen LogP contribution is 2.26. The Morgan fingerprint density at radius 3 is 2.58 bits per heavy atom.